The summed E-state index contributed by atoms with van der Waals surface area (Å²) in [7, 11) is 0. The Morgan fingerprint density at radius 1 is 0.975 bits per heavy atom. The van der Waals surface area contributed by atoms with Crippen LogP contribution in [0.15, 0.2) is 91.3 Å². The van der Waals surface area contributed by atoms with Crippen LogP contribution in [0.3, 0.4) is 0 Å². The molecule has 5 rings (SSSR count). The first-order valence-corrected chi connectivity index (χ1v) is 13.9. The molecule has 40 heavy (non-hydrogen) atoms. The Bertz CT molecular complexity index is 1440. The molecule has 0 unspecified atom stereocenters. The summed E-state index contributed by atoms with van der Waals surface area (Å²) in [6.45, 7) is 1.91. The Hall–Kier alpha value is -3.65. The van der Waals surface area contributed by atoms with E-state index < -0.39 is 30.3 Å². The van der Waals surface area contributed by atoms with Crippen LogP contribution in [-0.4, -0.2) is 43.8 Å². The molecule has 9 heteroatoms. The highest BCUT2D eigenvalue weighted by molar-refractivity contribution is 6.30. The lowest BCUT2D eigenvalue weighted by molar-refractivity contribution is -0.184. The number of carbonyl (C=O) groups is 2. The maximum Gasteiger partial charge on any atom is 0.326 e. The van der Waals surface area contributed by atoms with Crippen LogP contribution < -0.4 is 0 Å². The van der Waals surface area contributed by atoms with Crippen molar-refractivity contribution in [1.29, 1.82) is 0 Å². The van der Waals surface area contributed by atoms with Gasteiger partial charge in [0.05, 0.1) is 11.7 Å². The third kappa shape index (κ3) is 5.92. The molecule has 4 aromatic rings. The summed E-state index contributed by atoms with van der Waals surface area (Å²) < 4.78 is 8.34. The monoisotopic (exact) mass is 577 g/mol. The number of aliphatic carboxylic acids is 1. The molecule has 1 amide bonds. The Balaban J connectivity index is 1.56. The number of morpholine rings is 1. The van der Waals surface area contributed by atoms with E-state index in [0.29, 0.717) is 22.9 Å². The molecular weight excluding hydrogens is 549 g/mol. The third-order valence-corrected chi connectivity index (χ3v) is 7.65. The fraction of sp³-hybridized carbons (Fsp3) is 0.258. The molecule has 1 N–H and O–H groups in total. The normalized spacial score (nSPS) is 19.9. The number of aromatic nitrogens is 2. The van der Waals surface area contributed by atoms with Gasteiger partial charge in [0.15, 0.2) is 0 Å². The van der Waals surface area contributed by atoms with E-state index in [1.54, 1.807) is 35.1 Å². The second-order valence-corrected chi connectivity index (χ2v) is 10.7. The van der Waals surface area contributed by atoms with Gasteiger partial charge in [-0.3, -0.25) is 4.79 Å². The van der Waals surface area contributed by atoms with Crippen LogP contribution in [-0.2, 0) is 20.7 Å². The van der Waals surface area contributed by atoms with Gasteiger partial charge in [0.25, 0.3) is 5.91 Å². The molecule has 3 aromatic carbocycles. The van der Waals surface area contributed by atoms with Crippen molar-refractivity contribution in [3.05, 3.63) is 118 Å². The van der Waals surface area contributed by atoms with Gasteiger partial charge in [-0.05, 0) is 65.6 Å². The number of rotatable bonds is 9. The lowest BCUT2D eigenvalue weighted by Gasteiger charge is -2.47. The molecular formula is C31H29Cl2N3O4. The molecule has 1 aliphatic rings. The highest BCUT2D eigenvalue weighted by Gasteiger charge is 2.48. The molecule has 4 atom stereocenters. The largest absolute Gasteiger partial charge is 0.480 e. The summed E-state index contributed by atoms with van der Waals surface area (Å²) in [5.74, 6) is -1.41. The van der Waals surface area contributed by atoms with Gasteiger partial charge in [0.2, 0.25) is 0 Å². The molecule has 0 aliphatic carbocycles. The van der Waals surface area contributed by atoms with Gasteiger partial charge in [0, 0.05) is 28.9 Å². The molecule has 0 radical (unpaired) electrons. The van der Waals surface area contributed by atoms with Gasteiger partial charge in [0.1, 0.15) is 18.2 Å². The Morgan fingerprint density at radius 2 is 1.60 bits per heavy atom. The SMILES string of the molecule is CCC[C@H](C(=O)O)N1C(=O)[C@H](Cc2ccc(-n3cccn3)cc2)O[C@@H](c2ccc(Cl)cc2)[C@H]1c1ccc(Cl)cc1. The van der Waals surface area contributed by atoms with Crippen LogP contribution >= 0.6 is 23.2 Å². The van der Waals surface area contributed by atoms with Crippen molar-refractivity contribution in [1.82, 2.24) is 14.7 Å². The first-order chi connectivity index (χ1) is 19.4. The van der Waals surface area contributed by atoms with Crippen LogP contribution in [0, 0.1) is 0 Å². The van der Waals surface area contributed by atoms with Gasteiger partial charge in [-0.1, -0.05) is 72.9 Å². The number of ether oxygens (including phenoxy) is 1. The van der Waals surface area contributed by atoms with Crippen LogP contribution in [0.5, 0.6) is 0 Å². The minimum Gasteiger partial charge on any atom is -0.480 e. The zero-order chi connectivity index (χ0) is 28.2. The van der Waals surface area contributed by atoms with E-state index in [1.165, 1.54) is 4.90 Å². The maximum atomic E-state index is 14.2. The van der Waals surface area contributed by atoms with E-state index in [1.807, 2.05) is 67.7 Å². The number of benzene rings is 3. The van der Waals surface area contributed by atoms with Gasteiger partial charge < -0.3 is 14.7 Å². The first-order valence-electron chi connectivity index (χ1n) is 13.2. The predicted molar refractivity (Wildman–Crippen MR) is 154 cm³/mol. The first kappa shape index (κ1) is 27.9. The summed E-state index contributed by atoms with van der Waals surface area (Å²) in [6.07, 6.45) is 3.23. The van der Waals surface area contributed by atoms with Gasteiger partial charge in [-0.15, -0.1) is 0 Å². The van der Waals surface area contributed by atoms with Crippen molar-refractivity contribution in [3.8, 4) is 5.69 Å². The topological polar surface area (TPSA) is 84.7 Å². The van der Waals surface area contributed by atoms with Gasteiger partial charge >= 0.3 is 5.97 Å². The number of carboxylic acids is 1. The zero-order valence-electron chi connectivity index (χ0n) is 21.9. The summed E-state index contributed by atoms with van der Waals surface area (Å²) in [5, 5.41) is 15.7. The van der Waals surface area contributed by atoms with Gasteiger partial charge in [-0.2, -0.15) is 5.10 Å². The second kappa shape index (κ2) is 12.3. The Kier molecular flexibility index (Phi) is 8.54. The zero-order valence-corrected chi connectivity index (χ0v) is 23.4. The molecule has 2 heterocycles. The van der Waals surface area contributed by atoms with Gasteiger partial charge in [-0.25, -0.2) is 9.48 Å². The van der Waals surface area contributed by atoms with E-state index in [0.717, 1.165) is 22.4 Å². The second-order valence-electron chi connectivity index (χ2n) is 9.80. The summed E-state index contributed by atoms with van der Waals surface area (Å²) in [6, 6.07) is 22.2. The lowest BCUT2D eigenvalue weighted by atomic mass is 9.88. The Labute approximate surface area is 242 Å². The molecule has 7 nitrogen and oxygen atoms in total. The standard InChI is InChI=1S/C31H29Cl2N3O4/c1-2-4-26(31(38)39)36-28(21-7-11-23(32)12-8-21)29(22-9-13-24(33)14-10-22)40-27(30(36)37)19-20-5-15-25(16-6-20)35-18-3-17-34-35/h3,5-18,26-29H,2,4,19H2,1H3,(H,38,39)/t26-,27+,28-,29+/m1/s1. The summed E-state index contributed by atoms with van der Waals surface area (Å²) >= 11 is 12.4. The van der Waals surface area contributed by atoms with Crippen LogP contribution in [0.4, 0.5) is 0 Å². The summed E-state index contributed by atoms with van der Waals surface area (Å²) in [4.78, 5) is 28.3. The average Bonchev–Trinajstić information content (AvgIpc) is 3.49. The number of carbonyl (C=O) groups excluding carboxylic acids is 1. The highest BCUT2D eigenvalue weighted by Crippen LogP contribution is 2.44. The fourth-order valence-electron chi connectivity index (χ4n) is 5.23. The van der Waals surface area contributed by atoms with E-state index >= 15 is 0 Å². The molecule has 1 fully saturated rings. The molecule has 206 valence electrons. The van der Waals surface area contributed by atoms with Crippen molar-refractivity contribution >= 4 is 35.1 Å². The quantitative estimate of drug-likeness (QED) is 0.239. The van der Waals surface area contributed by atoms with E-state index in [4.69, 9.17) is 27.9 Å². The van der Waals surface area contributed by atoms with Crippen molar-refractivity contribution in [2.75, 3.05) is 0 Å². The van der Waals surface area contributed by atoms with Crippen LogP contribution in [0.1, 0.15) is 48.6 Å². The average molecular weight is 578 g/mol. The molecule has 0 bridgehead atoms. The maximum absolute atomic E-state index is 14.2. The number of nitrogens with zero attached hydrogens (tertiary/aromatic N) is 3. The number of amides is 1. The lowest BCUT2D eigenvalue weighted by Crippen LogP contribution is -2.57. The molecule has 1 saturated heterocycles. The summed E-state index contributed by atoms with van der Waals surface area (Å²) in [5.41, 5.74) is 3.31. The van der Waals surface area contributed by atoms with Crippen molar-refractivity contribution < 1.29 is 19.4 Å². The number of hydrogen-bond donors (Lipinski definition) is 1. The smallest absolute Gasteiger partial charge is 0.326 e. The fourth-order valence-corrected chi connectivity index (χ4v) is 5.48. The molecule has 1 aliphatic heterocycles. The third-order valence-electron chi connectivity index (χ3n) is 7.15. The van der Waals surface area contributed by atoms with Crippen molar-refractivity contribution in [3.63, 3.8) is 0 Å². The van der Waals surface area contributed by atoms with Crippen molar-refractivity contribution in [2.45, 2.75) is 50.5 Å². The van der Waals surface area contributed by atoms with E-state index in [2.05, 4.69) is 5.10 Å². The van der Waals surface area contributed by atoms with E-state index in [-0.39, 0.29) is 12.3 Å². The molecule has 0 saturated carbocycles. The number of hydrogen-bond acceptors (Lipinski definition) is 4. The minimum atomic E-state index is -1.05. The molecule has 1 aromatic heterocycles. The highest BCUT2D eigenvalue weighted by atomic mass is 35.5. The van der Waals surface area contributed by atoms with Crippen LogP contribution in [0.25, 0.3) is 5.69 Å². The minimum absolute atomic E-state index is 0.282. The van der Waals surface area contributed by atoms with Crippen LogP contribution in [0.2, 0.25) is 10.0 Å². The van der Waals surface area contributed by atoms with E-state index in [9.17, 15) is 14.7 Å². The predicted octanol–water partition coefficient (Wildman–Crippen LogP) is 6.68. The Morgan fingerprint density at radius 3 is 2.15 bits per heavy atom. The molecule has 0 spiro atoms. The van der Waals surface area contributed by atoms with Crippen molar-refractivity contribution in [2.24, 2.45) is 0 Å². The number of carboxylic acid groups (broad SMARTS) is 1. The number of halogens is 2.